The summed E-state index contributed by atoms with van der Waals surface area (Å²) in [5.41, 5.74) is 0.468. The van der Waals surface area contributed by atoms with E-state index in [2.05, 4.69) is 15.3 Å². The molecule has 10 heteroatoms. The van der Waals surface area contributed by atoms with Crippen LogP contribution in [0.3, 0.4) is 0 Å². The molecule has 0 fully saturated rings. The predicted molar refractivity (Wildman–Crippen MR) is 104 cm³/mol. The SMILES string of the molecule is Cc1[nH]c(=O)[nH]c(=O)c1CCC(=O)O[C@H](C)C(=O)N1CC(=O)Nc2ccccc21. The molecule has 1 aromatic heterocycles. The van der Waals surface area contributed by atoms with Crippen LogP contribution in [0.1, 0.15) is 24.6 Å². The molecule has 2 heterocycles. The van der Waals surface area contributed by atoms with Crippen LogP contribution in [0, 0.1) is 6.92 Å². The van der Waals surface area contributed by atoms with Crippen molar-refractivity contribution in [2.75, 3.05) is 16.8 Å². The summed E-state index contributed by atoms with van der Waals surface area (Å²) in [5.74, 6) is -1.55. The number of carbonyl (C=O) groups is 3. The highest BCUT2D eigenvalue weighted by molar-refractivity contribution is 6.11. The Morgan fingerprint density at radius 1 is 1.17 bits per heavy atom. The van der Waals surface area contributed by atoms with Gasteiger partial charge in [-0.2, -0.15) is 0 Å². The summed E-state index contributed by atoms with van der Waals surface area (Å²) < 4.78 is 5.19. The van der Waals surface area contributed by atoms with E-state index in [1.54, 1.807) is 31.2 Å². The van der Waals surface area contributed by atoms with Gasteiger partial charge in [-0.05, 0) is 32.4 Å². The number of nitrogens with zero attached hydrogens (tertiary/aromatic N) is 1. The van der Waals surface area contributed by atoms with E-state index in [-0.39, 0.29) is 30.9 Å². The van der Waals surface area contributed by atoms with Crippen LogP contribution in [0.5, 0.6) is 0 Å². The molecule has 152 valence electrons. The maximum atomic E-state index is 12.7. The minimum Gasteiger partial charge on any atom is -0.453 e. The lowest BCUT2D eigenvalue weighted by Gasteiger charge is -2.30. The molecule has 1 aliphatic rings. The summed E-state index contributed by atoms with van der Waals surface area (Å²) in [4.78, 5) is 65.6. The maximum Gasteiger partial charge on any atom is 0.325 e. The zero-order chi connectivity index (χ0) is 21.1. The minimum atomic E-state index is -1.11. The molecule has 0 bridgehead atoms. The van der Waals surface area contributed by atoms with Gasteiger partial charge in [-0.25, -0.2) is 4.79 Å². The van der Waals surface area contributed by atoms with Crippen molar-refractivity contribution < 1.29 is 19.1 Å². The van der Waals surface area contributed by atoms with Gasteiger partial charge in [0.1, 0.15) is 6.54 Å². The number of ether oxygens (including phenoxy) is 1. The van der Waals surface area contributed by atoms with Gasteiger partial charge in [0.05, 0.1) is 11.4 Å². The van der Waals surface area contributed by atoms with Crippen LogP contribution in [0.25, 0.3) is 0 Å². The number of amides is 2. The Bertz CT molecular complexity index is 1090. The molecule has 3 rings (SSSR count). The van der Waals surface area contributed by atoms with E-state index in [1.807, 2.05) is 0 Å². The molecule has 10 nitrogen and oxygen atoms in total. The molecule has 0 saturated heterocycles. The molecule has 2 amide bonds. The minimum absolute atomic E-state index is 0.0483. The summed E-state index contributed by atoms with van der Waals surface area (Å²) in [6.45, 7) is 2.80. The lowest BCUT2D eigenvalue weighted by atomic mass is 10.1. The molecule has 1 atom stereocenters. The van der Waals surface area contributed by atoms with Crippen molar-refractivity contribution in [3.05, 3.63) is 56.4 Å². The Morgan fingerprint density at radius 2 is 1.90 bits per heavy atom. The number of nitrogens with one attached hydrogen (secondary N) is 3. The maximum absolute atomic E-state index is 12.7. The van der Waals surface area contributed by atoms with Crippen molar-refractivity contribution in [2.45, 2.75) is 32.8 Å². The zero-order valence-corrected chi connectivity index (χ0v) is 15.9. The second-order valence-corrected chi connectivity index (χ2v) is 6.63. The van der Waals surface area contributed by atoms with Gasteiger partial charge in [0.15, 0.2) is 6.10 Å². The highest BCUT2D eigenvalue weighted by atomic mass is 16.5. The first kappa shape index (κ1) is 20.1. The number of para-hydroxylation sites is 2. The molecule has 0 aliphatic carbocycles. The lowest BCUT2D eigenvalue weighted by Crippen LogP contribution is -2.47. The van der Waals surface area contributed by atoms with Crippen LogP contribution in [0.2, 0.25) is 0 Å². The molecule has 1 aliphatic heterocycles. The topological polar surface area (TPSA) is 141 Å². The fourth-order valence-corrected chi connectivity index (χ4v) is 3.11. The number of fused-ring (bicyclic) bond motifs is 1. The van der Waals surface area contributed by atoms with E-state index in [1.165, 1.54) is 11.8 Å². The number of aromatic amines is 2. The number of esters is 1. The monoisotopic (exact) mass is 400 g/mol. The molecule has 2 aromatic rings. The highest BCUT2D eigenvalue weighted by Gasteiger charge is 2.31. The van der Waals surface area contributed by atoms with Crippen LogP contribution >= 0.6 is 0 Å². The number of hydrogen-bond acceptors (Lipinski definition) is 6. The fraction of sp³-hybridized carbons (Fsp3) is 0.316. The van der Waals surface area contributed by atoms with Crippen LogP contribution in [-0.2, 0) is 25.5 Å². The molecule has 29 heavy (non-hydrogen) atoms. The Balaban J connectivity index is 1.64. The van der Waals surface area contributed by atoms with Crippen molar-refractivity contribution in [1.82, 2.24) is 9.97 Å². The summed E-state index contributed by atoms with van der Waals surface area (Å²) in [6.07, 6.45) is -1.21. The van der Waals surface area contributed by atoms with E-state index in [0.29, 0.717) is 17.1 Å². The van der Waals surface area contributed by atoms with Crippen molar-refractivity contribution in [2.24, 2.45) is 0 Å². The van der Waals surface area contributed by atoms with Crippen LogP contribution in [-0.4, -0.2) is 40.4 Å². The third-order valence-corrected chi connectivity index (χ3v) is 4.53. The fourth-order valence-electron chi connectivity index (χ4n) is 3.11. The van der Waals surface area contributed by atoms with E-state index in [9.17, 15) is 24.0 Å². The Hall–Kier alpha value is -3.69. The molecule has 1 aromatic carbocycles. The third-order valence-electron chi connectivity index (χ3n) is 4.53. The normalized spacial score (nSPS) is 14.0. The smallest absolute Gasteiger partial charge is 0.325 e. The van der Waals surface area contributed by atoms with Gasteiger partial charge in [0.25, 0.3) is 11.5 Å². The zero-order valence-electron chi connectivity index (χ0n) is 15.9. The number of benzene rings is 1. The number of hydrogen-bond donors (Lipinski definition) is 3. The van der Waals surface area contributed by atoms with Crippen molar-refractivity contribution in [1.29, 1.82) is 0 Å². The van der Waals surface area contributed by atoms with Crippen molar-refractivity contribution >= 4 is 29.2 Å². The van der Waals surface area contributed by atoms with E-state index in [4.69, 9.17) is 4.74 Å². The average molecular weight is 400 g/mol. The number of anilines is 2. The molecular weight excluding hydrogens is 380 g/mol. The van der Waals surface area contributed by atoms with Crippen molar-refractivity contribution in [3.63, 3.8) is 0 Å². The summed E-state index contributed by atoms with van der Waals surface area (Å²) in [7, 11) is 0. The Kier molecular flexibility index (Phi) is 5.62. The van der Waals surface area contributed by atoms with Crippen LogP contribution in [0.4, 0.5) is 11.4 Å². The summed E-state index contributed by atoms with van der Waals surface area (Å²) in [5, 5.41) is 2.68. The predicted octanol–water partition coefficient (Wildman–Crippen LogP) is 0.221. The van der Waals surface area contributed by atoms with Crippen LogP contribution < -0.4 is 21.5 Å². The first-order chi connectivity index (χ1) is 13.8. The van der Waals surface area contributed by atoms with Gasteiger partial charge < -0.3 is 15.0 Å². The number of aromatic nitrogens is 2. The quantitative estimate of drug-likeness (QED) is 0.613. The van der Waals surface area contributed by atoms with Gasteiger partial charge in [-0.15, -0.1) is 0 Å². The number of rotatable bonds is 5. The molecule has 0 spiro atoms. The van der Waals surface area contributed by atoms with E-state index >= 15 is 0 Å². The first-order valence-electron chi connectivity index (χ1n) is 8.98. The van der Waals surface area contributed by atoms with E-state index in [0.717, 1.165) is 0 Å². The molecule has 0 radical (unpaired) electrons. The standard InChI is InChI=1S/C19H20N4O6/c1-10-12(17(26)22-19(28)20-10)7-8-16(25)29-11(2)18(27)23-9-15(24)21-13-5-3-4-6-14(13)23/h3-6,11H,7-9H2,1-2H3,(H,21,24)(H2,20,22,26,28)/t11-/m1/s1. The Labute approximate surface area is 164 Å². The van der Waals surface area contributed by atoms with Gasteiger partial charge in [0.2, 0.25) is 5.91 Å². The second-order valence-electron chi connectivity index (χ2n) is 6.63. The first-order valence-corrected chi connectivity index (χ1v) is 8.98. The van der Waals surface area contributed by atoms with Crippen molar-refractivity contribution in [3.8, 4) is 0 Å². The highest BCUT2D eigenvalue weighted by Crippen LogP contribution is 2.29. The van der Waals surface area contributed by atoms with Gasteiger partial charge >= 0.3 is 11.7 Å². The number of carbonyl (C=O) groups excluding carboxylic acids is 3. The van der Waals surface area contributed by atoms with E-state index < -0.39 is 29.2 Å². The summed E-state index contributed by atoms with van der Waals surface area (Å²) >= 11 is 0. The number of H-pyrrole nitrogens is 2. The molecule has 0 saturated carbocycles. The van der Waals surface area contributed by atoms with Gasteiger partial charge in [-0.1, -0.05) is 12.1 Å². The molecular formula is C19H20N4O6. The third kappa shape index (κ3) is 4.42. The van der Waals surface area contributed by atoms with Crippen LogP contribution in [0.15, 0.2) is 33.9 Å². The Morgan fingerprint density at radius 3 is 2.62 bits per heavy atom. The largest absolute Gasteiger partial charge is 0.453 e. The average Bonchev–Trinajstić information content (AvgIpc) is 2.65. The van der Waals surface area contributed by atoms with Gasteiger partial charge in [-0.3, -0.25) is 29.1 Å². The lowest BCUT2D eigenvalue weighted by molar-refractivity contribution is -0.153. The number of aryl methyl sites for hydroxylation is 1. The second kappa shape index (κ2) is 8.13. The summed E-state index contributed by atoms with van der Waals surface area (Å²) in [6, 6.07) is 6.83. The molecule has 3 N–H and O–H groups in total. The molecule has 0 unspecified atom stereocenters. The van der Waals surface area contributed by atoms with Gasteiger partial charge in [0, 0.05) is 17.7 Å².